The fourth-order valence-corrected chi connectivity index (χ4v) is 2.96. The first kappa shape index (κ1) is 19.4. The van der Waals surface area contributed by atoms with Gasteiger partial charge in [-0.25, -0.2) is 0 Å². The quantitative estimate of drug-likeness (QED) is 0.411. The molecule has 9 heteroatoms. The summed E-state index contributed by atoms with van der Waals surface area (Å²) in [4.78, 5) is 22.6. The van der Waals surface area contributed by atoms with E-state index < -0.39 is 25.0 Å². The van der Waals surface area contributed by atoms with Crippen LogP contribution in [0.15, 0.2) is 0 Å². The predicted octanol–water partition coefficient (Wildman–Crippen LogP) is -0.439. The van der Waals surface area contributed by atoms with Gasteiger partial charge in [-0.3, -0.25) is 0 Å². The molecule has 0 spiro atoms. The molecule has 1 rings (SSSR count). The Kier molecular flexibility index (Phi) is 8.19. The summed E-state index contributed by atoms with van der Waals surface area (Å²) in [5.74, 6) is 0. The maximum absolute atomic E-state index is 11.3. The third kappa shape index (κ3) is 6.99. The van der Waals surface area contributed by atoms with Crippen molar-refractivity contribution in [3.8, 4) is 0 Å². The molecule has 0 N–H and O–H groups in total. The maximum atomic E-state index is 11.3. The molecule has 1 heterocycles. The lowest BCUT2D eigenvalue weighted by Gasteiger charge is -2.39. The highest BCUT2D eigenvalue weighted by atomic mass is 32.5. The van der Waals surface area contributed by atoms with E-state index in [4.69, 9.17) is 23.5 Å². The van der Waals surface area contributed by atoms with E-state index in [1.54, 1.807) is 14.0 Å². The standard InChI is InChI=1S/C12H25O7PS/c1-8(2)17-7-10-12(19-20(13,14)21)11(9(3)18-10)16-6-5-15-4/h8-12H,5-7H2,1-4H3,(H2,13,14,21)/p-2/t9-,10+,11+,12?/m0/s1. The SMILES string of the molecule is COCCO[C@H]1C(OP([O-])([O-])=S)[C@@H](COC(C)C)O[C@H]1C. The minimum Gasteiger partial charge on any atom is -0.812 e. The molecule has 0 aromatic rings. The molecule has 1 saturated heterocycles. The highest BCUT2D eigenvalue weighted by Gasteiger charge is 2.44. The van der Waals surface area contributed by atoms with E-state index in [0.717, 1.165) is 0 Å². The van der Waals surface area contributed by atoms with E-state index in [2.05, 4.69) is 11.8 Å². The van der Waals surface area contributed by atoms with Gasteiger partial charge in [-0.2, -0.15) is 0 Å². The van der Waals surface area contributed by atoms with E-state index >= 15 is 0 Å². The first-order chi connectivity index (χ1) is 9.74. The van der Waals surface area contributed by atoms with Crippen LogP contribution >= 0.6 is 6.72 Å². The smallest absolute Gasteiger partial charge is 0.117 e. The van der Waals surface area contributed by atoms with Crippen molar-refractivity contribution in [3.05, 3.63) is 0 Å². The van der Waals surface area contributed by atoms with Crippen molar-refractivity contribution in [2.45, 2.75) is 51.3 Å². The molecule has 0 aliphatic carbocycles. The number of ether oxygens (including phenoxy) is 4. The molecule has 7 nitrogen and oxygen atoms in total. The molecule has 1 aliphatic heterocycles. The van der Waals surface area contributed by atoms with Crippen LogP contribution in [0.4, 0.5) is 0 Å². The Morgan fingerprint density at radius 2 is 1.90 bits per heavy atom. The number of rotatable bonds is 9. The van der Waals surface area contributed by atoms with Gasteiger partial charge >= 0.3 is 0 Å². The topological polar surface area (TPSA) is 92.3 Å². The Morgan fingerprint density at radius 3 is 2.43 bits per heavy atom. The van der Waals surface area contributed by atoms with Crippen LogP contribution in [0.1, 0.15) is 20.8 Å². The average Bonchev–Trinajstić information content (AvgIpc) is 2.62. The molecule has 1 fully saturated rings. The summed E-state index contributed by atoms with van der Waals surface area (Å²) >= 11 is 4.34. The Morgan fingerprint density at radius 1 is 1.24 bits per heavy atom. The average molecular weight is 342 g/mol. The summed E-state index contributed by atoms with van der Waals surface area (Å²) in [6.07, 6.45) is -2.21. The van der Waals surface area contributed by atoms with E-state index in [0.29, 0.717) is 13.2 Å². The summed E-state index contributed by atoms with van der Waals surface area (Å²) in [6, 6.07) is 0. The summed E-state index contributed by atoms with van der Waals surface area (Å²) in [5, 5.41) is 0. The molecule has 1 aliphatic rings. The lowest BCUT2D eigenvalue weighted by atomic mass is 10.1. The van der Waals surface area contributed by atoms with Crippen molar-refractivity contribution in [3.63, 3.8) is 0 Å². The van der Waals surface area contributed by atoms with Gasteiger partial charge in [0.2, 0.25) is 0 Å². The van der Waals surface area contributed by atoms with E-state index in [9.17, 15) is 9.79 Å². The number of methoxy groups -OCH3 is 1. The van der Waals surface area contributed by atoms with E-state index in [1.165, 1.54) is 0 Å². The molecular weight excluding hydrogens is 319 g/mol. The van der Waals surface area contributed by atoms with E-state index in [1.807, 2.05) is 13.8 Å². The maximum Gasteiger partial charge on any atom is 0.117 e. The van der Waals surface area contributed by atoms with Gasteiger partial charge in [-0.05, 0) is 20.8 Å². The zero-order chi connectivity index (χ0) is 16.0. The van der Waals surface area contributed by atoms with Gasteiger partial charge in [0.1, 0.15) is 18.3 Å². The number of hydrogen-bond acceptors (Lipinski definition) is 8. The first-order valence-corrected chi connectivity index (χ1v) is 9.38. The van der Waals surface area contributed by atoms with Crippen molar-refractivity contribution in [1.29, 1.82) is 0 Å². The van der Waals surface area contributed by atoms with Crippen molar-refractivity contribution >= 4 is 18.5 Å². The molecule has 0 radical (unpaired) electrons. The van der Waals surface area contributed by atoms with Crippen molar-refractivity contribution in [2.24, 2.45) is 0 Å². The minimum atomic E-state index is -4.32. The zero-order valence-electron chi connectivity index (χ0n) is 12.7. The van der Waals surface area contributed by atoms with Crippen LogP contribution in [0.5, 0.6) is 0 Å². The molecule has 4 atom stereocenters. The predicted molar refractivity (Wildman–Crippen MR) is 76.2 cm³/mol. The van der Waals surface area contributed by atoms with Gasteiger partial charge in [0.15, 0.2) is 0 Å². The van der Waals surface area contributed by atoms with Crippen molar-refractivity contribution in [2.75, 3.05) is 26.9 Å². The third-order valence-corrected chi connectivity index (χ3v) is 3.74. The second-order valence-corrected chi connectivity index (χ2v) is 7.55. The second-order valence-electron chi connectivity index (χ2n) is 5.11. The Bertz CT molecular complexity index is 348. The lowest BCUT2D eigenvalue weighted by molar-refractivity contribution is -0.327. The Balaban J connectivity index is 2.71. The van der Waals surface area contributed by atoms with Gasteiger partial charge in [0, 0.05) is 7.11 Å². The summed E-state index contributed by atoms with van der Waals surface area (Å²) < 4.78 is 26.7. The summed E-state index contributed by atoms with van der Waals surface area (Å²) in [7, 11) is 1.56. The molecule has 0 amide bonds. The van der Waals surface area contributed by atoms with Crippen LogP contribution in [-0.2, 0) is 35.3 Å². The summed E-state index contributed by atoms with van der Waals surface area (Å²) in [5.41, 5.74) is 0. The Hall–Kier alpha value is 0.370. The largest absolute Gasteiger partial charge is 0.812 e. The fourth-order valence-electron chi connectivity index (χ4n) is 2.11. The van der Waals surface area contributed by atoms with Crippen LogP contribution < -0.4 is 9.79 Å². The molecule has 0 saturated carbocycles. The molecule has 21 heavy (non-hydrogen) atoms. The summed E-state index contributed by atoms with van der Waals surface area (Å²) in [6.45, 7) is 2.16. The highest BCUT2D eigenvalue weighted by Crippen LogP contribution is 2.36. The molecule has 0 aromatic carbocycles. The molecule has 1 unspecified atom stereocenters. The van der Waals surface area contributed by atoms with Gasteiger partial charge < -0.3 is 33.3 Å². The normalized spacial score (nSPS) is 30.2. The van der Waals surface area contributed by atoms with Crippen LogP contribution in [0.2, 0.25) is 0 Å². The zero-order valence-corrected chi connectivity index (χ0v) is 14.4. The molecular formula is C12H23O7PS-2. The Labute approximate surface area is 130 Å². The monoisotopic (exact) mass is 342 g/mol. The van der Waals surface area contributed by atoms with Crippen LogP contribution in [0.25, 0.3) is 0 Å². The van der Waals surface area contributed by atoms with Crippen molar-refractivity contribution < 1.29 is 33.3 Å². The molecule has 0 aromatic heterocycles. The molecule has 126 valence electrons. The van der Waals surface area contributed by atoms with E-state index in [-0.39, 0.29) is 18.8 Å². The van der Waals surface area contributed by atoms with Gasteiger partial charge in [0.25, 0.3) is 0 Å². The third-order valence-electron chi connectivity index (χ3n) is 2.98. The van der Waals surface area contributed by atoms with Gasteiger partial charge in [-0.1, -0.05) is 6.72 Å². The molecule has 0 bridgehead atoms. The van der Waals surface area contributed by atoms with Crippen molar-refractivity contribution in [1.82, 2.24) is 0 Å². The van der Waals surface area contributed by atoms with Crippen LogP contribution in [0.3, 0.4) is 0 Å². The lowest BCUT2D eigenvalue weighted by Crippen LogP contribution is -2.41. The van der Waals surface area contributed by atoms with Gasteiger partial charge in [0.05, 0.1) is 32.0 Å². The van der Waals surface area contributed by atoms with Gasteiger partial charge in [-0.15, -0.1) is 11.8 Å². The van der Waals surface area contributed by atoms with Crippen LogP contribution in [-0.4, -0.2) is 57.5 Å². The number of hydrogen-bond donors (Lipinski definition) is 0. The van der Waals surface area contributed by atoms with Crippen LogP contribution in [0, 0.1) is 0 Å². The highest BCUT2D eigenvalue weighted by molar-refractivity contribution is 8.05. The minimum absolute atomic E-state index is 0.000531. The first-order valence-electron chi connectivity index (χ1n) is 6.82. The fraction of sp³-hybridized carbons (Fsp3) is 1.00. The second kappa shape index (κ2) is 8.86.